The number of hydrogen-bond donors (Lipinski definition) is 3. The van der Waals surface area contributed by atoms with E-state index in [1.807, 2.05) is 24.3 Å². The van der Waals surface area contributed by atoms with Gasteiger partial charge in [0, 0.05) is 37.4 Å². The van der Waals surface area contributed by atoms with Gasteiger partial charge in [-0.3, -0.25) is 9.59 Å². The molecule has 172 valence electrons. The van der Waals surface area contributed by atoms with Crippen LogP contribution in [0.1, 0.15) is 41.7 Å². The van der Waals surface area contributed by atoms with E-state index in [9.17, 15) is 18.0 Å². The Morgan fingerprint density at radius 2 is 1.88 bits per heavy atom. The van der Waals surface area contributed by atoms with Crippen LogP contribution in [0.5, 0.6) is 0 Å². The van der Waals surface area contributed by atoms with Crippen molar-refractivity contribution in [2.75, 3.05) is 31.6 Å². The first kappa shape index (κ1) is 22.5. The maximum Gasteiger partial charge on any atom is 0.268 e. The number of benzene rings is 1. The van der Waals surface area contributed by atoms with Gasteiger partial charge in [-0.2, -0.15) is 4.31 Å². The van der Waals surface area contributed by atoms with Crippen molar-refractivity contribution < 1.29 is 22.7 Å². The second-order valence-electron chi connectivity index (χ2n) is 8.12. The van der Waals surface area contributed by atoms with Gasteiger partial charge < -0.3 is 20.4 Å². The average molecular weight is 461 g/mol. The highest BCUT2D eigenvalue weighted by atomic mass is 32.2. The van der Waals surface area contributed by atoms with Crippen LogP contribution in [0.4, 0.5) is 5.69 Å². The summed E-state index contributed by atoms with van der Waals surface area (Å²) in [4.78, 5) is 27.7. The van der Waals surface area contributed by atoms with Gasteiger partial charge in [-0.05, 0) is 36.6 Å². The first-order valence-corrected chi connectivity index (χ1v) is 12.3. The number of nitrogens with one attached hydrogen (secondary N) is 3. The number of carbonyl (C=O) groups excluding carboxylic acids is 2. The molecular weight excluding hydrogens is 432 g/mol. The Bertz CT molecular complexity index is 1070. The molecule has 2 amide bonds. The quantitative estimate of drug-likeness (QED) is 0.584. The minimum absolute atomic E-state index is 0.0454. The summed E-state index contributed by atoms with van der Waals surface area (Å²) >= 11 is 0. The number of anilines is 1. The molecule has 1 aliphatic carbocycles. The summed E-state index contributed by atoms with van der Waals surface area (Å²) in [5.74, 6) is -0.285. The molecule has 0 spiro atoms. The molecule has 2 fully saturated rings. The zero-order valence-electron chi connectivity index (χ0n) is 17.8. The first-order chi connectivity index (χ1) is 15.4. The molecule has 10 heteroatoms. The number of morpholine rings is 1. The Kier molecular flexibility index (Phi) is 6.92. The highest BCUT2D eigenvalue weighted by Crippen LogP contribution is 2.26. The van der Waals surface area contributed by atoms with E-state index >= 15 is 0 Å². The summed E-state index contributed by atoms with van der Waals surface area (Å²) in [6.45, 7) is 1.55. The third kappa shape index (κ3) is 5.20. The van der Waals surface area contributed by atoms with Gasteiger partial charge in [0.15, 0.2) is 0 Å². The molecule has 2 aliphatic rings. The Balaban J connectivity index is 1.34. The van der Waals surface area contributed by atoms with E-state index in [-0.39, 0.29) is 29.0 Å². The van der Waals surface area contributed by atoms with Crippen LogP contribution in [0.3, 0.4) is 0 Å². The lowest BCUT2D eigenvalue weighted by atomic mass is 10.1. The van der Waals surface area contributed by atoms with Gasteiger partial charge in [0.2, 0.25) is 15.9 Å². The molecule has 0 unspecified atom stereocenters. The van der Waals surface area contributed by atoms with Crippen molar-refractivity contribution in [3.63, 3.8) is 0 Å². The van der Waals surface area contributed by atoms with Gasteiger partial charge in [-0.1, -0.05) is 25.0 Å². The lowest BCUT2D eigenvalue weighted by Gasteiger charge is -2.25. The Morgan fingerprint density at radius 1 is 1.12 bits per heavy atom. The fourth-order valence-corrected chi connectivity index (χ4v) is 5.46. The number of nitrogens with zero attached hydrogens (tertiary/aromatic N) is 1. The van der Waals surface area contributed by atoms with Crippen LogP contribution in [0, 0.1) is 5.92 Å². The molecule has 1 aliphatic heterocycles. The SMILES string of the molecule is O=C(NCc1cccc(NC(=O)C2CCCC2)c1)c1cc(S(=O)(=O)N2CCOCC2)c[nH]1. The van der Waals surface area contributed by atoms with Gasteiger partial charge in [-0.15, -0.1) is 0 Å². The second-order valence-corrected chi connectivity index (χ2v) is 10.1. The van der Waals surface area contributed by atoms with E-state index in [0.717, 1.165) is 31.2 Å². The van der Waals surface area contributed by atoms with Crippen LogP contribution in [-0.2, 0) is 26.1 Å². The fourth-order valence-electron chi connectivity index (χ4n) is 4.06. The summed E-state index contributed by atoms with van der Waals surface area (Å²) in [5, 5.41) is 5.74. The molecule has 0 radical (unpaired) electrons. The zero-order chi connectivity index (χ0) is 22.6. The average Bonchev–Trinajstić information content (AvgIpc) is 3.51. The number of hydrogen-bond acceptors (Lipinski definition) is 5. The predicted octanol–water partition coefficient (Wildman–Crippen LogP) is 2.09. The normalized spacial score (nSPS) is 17.9. The van der Waals surface area contributed by atoms with E-state index < -0.39 is 15.9 Å². The van der Waals surface area contributed by atoms with Gasteiger partial charge in [0.05, 0.1) is 13.2 Å². The molecule has 2 heterocycles. The monoisotopic (exact) mass is 460 g/mol. The second kappa shape index (κ2) is 9.85. The predicted molar refractivity (Wildman–Crippen MR) is 119 cm³/mol. The number of H-pyrrole nitrogens is 1. The first-order valence-electron chi connectivity index (χ1n) is 10.9. The van der Waals surface area contributed by atoms with Crippen LogP contribution in [0.2, 0.25) is 0 Å². The summed E-state index contributed by atoms with van der Waals surface area (Å²) in [6, 6.07) is 8.68. The summed E-state index contributed by atoms with van der Waals surface area (Å²) in [6.07, 6.45) is 5.39. The van der Waals surface area contributed by atoms with E-state index in [4.69, 9.17) is 4.74 Å². The lowest BCUT2D eigenvalue weighted by molar-refractivity contribution is -0.119. The number of aromatic nitrogens is 1. The van der Waals surface area contributed by atoms with Crippen molar-refractivity contribution in [1.82, 2.24) is 14.6 Å². The number of carbonyl (C=O) groups is 2. The third-order valence-corrected chi connectivity index (χ3v) is 7.76. The minimum atomic E-state index is -3.66. The smallest absolute Gasteiger partial charge is 0.268 e. The molecule has 3 N–H and O–H groups in total. The number of rotatable bonds is 7. The molecule has 0 bridgehead atoms. The van der Waals surface area contributed by atoms with Crippen molar-refractivity contribution in [3.05, 3.63) is 47.8 Å². The number of sulfonamides is 1. The Hall–Kier alpha value is -2.69. The summed E-state index contributed by atoms with van der Waals surface area (Å²) < 4.78 is 32.0. The largest absolute Gasteiger partial charge is 0.379 e. The third-order valence-electron chi connectivity index (χ3n) is 5.88. The summed E-state index contributed by atoms with van der Waals surface area (Å²) in [5.41, 5.74) is 1.70. The maximum atomic E-state index is 12.7. The van der Waals surface area contributed by atoms with Gasteiger partial charge in [-0.25, -0.2) is 8.42 Å². The number of aromatic amines is 1. The number of ether oxygens (including phenoxy) is 1. The van der Waals surface area contributed by atoms with Crippen LogP contribution >= 0.6 is 0 Å². The van der Waals surface area contributed by atoms with E-state index in [2.05, 4.69) is 15.6 Å². The molecule has 9 nitrogen and oxygen atoms in total. The molecule has 1 saturated heterocycles. The van der Waals surface area contributed by atoms with E-state index in [0.29, 0.717) is 32.0 Å². The zero-order valence-corrected chi connectivity index (χ0v) is 18.6. The maximum absolute atomic E-state index is 12.7. The van der Waals surface area contributed by atoms with Crippen molar-refractivity contribution in [2.45, 2.75) is 37.1 Å². The molecule has 1 aromatic heterocycles. The summed E-state index contributed by atoms with van der Waals surface area (Å²) in [7, 11) is -3.66. The molecular formula is C22H28N4O5S. The van der Waals surface area contributed by atoms with E-state index in [1.54, 1.807) is 0 Å². The topological polar surface area (TPSA) is 121 Å². The Morgan fingerprint density at radius 3 is 2.62 bits per heavy atom. The Labute approximate surface area is 187 Å². The molecule has 1 saturated carbocycles. The van der Waals surface area contributed by atoms with Crippen LogP contribution in [0.15, 0.2) is 41.4 Å². The highest BCUT2D eigenvalue weighted by molar-refractivity contribution is 7.89. The molecule has 1 aromatic carbocycles. The van der Waals surface area contributed by atoms with Crippen molar-refractivity contribution in [3.8, 4) is 0 Å². The lowest BCUT2D eigenvalue weighted by Crippen LogP contribution is -2.40. The van der Waals surface area contributed by atoms with Gasteiger partial charge >= 0.3 is 0 Å². The van der Waals surface area contributed by atoms with Crippen molar-refractivity contribution in [1.29, 1.82) is 0 Å². The molecule has 2 aromatic rings. The van der Waals surface area contributed by atoms with Crippen molar-refractivity contribution in [2.24, 2.45) is 5.92 Å². The van der Waals surface area contributed by atoms with Crippen LogP contribution in [-0.4, -0.2) is 55.8 Å². The molecule has 4 rings (SSSR count). The van der Waals surface area contributed by atoms with Crippen molar-refractivity contribution >= 4 is 27.5 Å². The fraction of sp³-hybridized carbons (Fsp3) is 0.455. The molecule has 0 atom stereocenters. The van der Waals surface area contributed by atoms with E-state index in [1.165, 1.54) is 16.6 Å². The highest BCUT2D eigenvalue weighted by Gasteiger charge is 2.28. The van der Waals surface area contributed by atoms with Crippen LogP contribution < -0.4 is 10.6 Å². The van der Waals surface area contributed by atoms with Gasteiger partial charge in [0.25, 0.3) is 5.91 Å². The standard InChI is InChI=1S/C22H28N4O5S/c27-21(17-5-1-2-6-17)25-18-7-3-4-16(12-18)14-24-22(28)20-13-19(15-23-20)32(29,30)26-8-10-31-11-9-26/h3-4,7,12-13,15,17,23H,1-2,5-6,8-11,14H2,(H,24,28)(H,25,27). The minimum Gasteiger partial charge on any atom is -0.379 e. The van der Waals surface area contributed by atoms with Gasteiger partial charge in [0.1, 0.15) is 10.6 Å². The molecule has 32 heavy (non-hydrogen) atoms. The van der Waals surface area contributed by atoms with Crippen LogP contribution in [0.25, 0.3) is 0 Å². The number of amides is 2.